The van der Waals surface area contributed by atoms with Crippen LogP contribution in [0.4, 0.5) is 0 Å². The normalized spacial score (nSPS) is 18.9. The van der Waals surface area contributed by atoms with Crippen molar-refractivity contribution in [1.82, 2.24) is 14.8 Å². The van der Waals surface area contributed by atoms with Crippen molar-refractivity contribution in [2.75, 3.05) is 38.7 Å². The highest BCUT2D eigenvalue weighted by molar-refractivity contribution is 7.91. The molecule has 1 fully saturated rings. The minimum absolute atomic E-state index is 0.00572. The zero-order chi connectivity index (χ0) is 20.6. The van der Waals surface area contributed by atoms with Crippen molar-refractivity contribution in [3.05, 3.63) is 34.5 Å². The Hall–Kier alpha value is -1.86. The maximum Gasteiger partial charge on any atom is 0.227 e. The van der Waals surface area contributed by atoms with Crippen molar-refractivity contribution in [1.29, 1.82) is 0 Å². The van der Waals surface area contributed by atoms with Crippen LogP contribution in [0.25, 0.3) is 10.9 Å². The van der Waals surface area contributed by atoms with E-state index in [-0.39, 0.29) is 29.9 Å². The smallest absolute Gasteiger partial charge is 0.227 e. The number of nitrogens with zero attached hydrogens (tertiary/aromatic N) is 2. The van der Waals surface area contributed by atoms with E-state index >= 15 is 0 Å². The van der Waals surface area contributed by atoms with Gasteiger partial charge in [-0.05, 0) is 58.0 Å². The van der Waals surface area contributed by atoms with Crippen LogP contribution in [-0.2, 0) is 21.1 Å². The standard InChI is InChI=1S/C21H31N3O3S/c1-14-6-7-18-19(16(3)22-21(18)15(14)2)12-20(25)24(10-9-23(4)5)17-8-11-28(26,27)13-17/h6-7,17,22H,8-13H2,1-5H3/t17-/m0/s1. The van der Waals surface area contributed by atoms with E-state index in [0.29, 0.717) is 19.5 Å². The highest BCUT2D eigenvalue weighted by atomic mass is 32.2. The van der Waals surface area contributed by atoms with Crippen molar-refractivity contribution in [2.45, 2.75) is 39.7 Å². The van der Waals surface area contributed by atoms with Crippen LogP contribution >= 0.6 is 0 Å². The first-order chi connectivity index (χ1) is 13.1. The van der Waals surface area contributed by atoms with E-state index in [2.05, 4.69) is 31.0 Å². The van der Waals surface area contributed by atoms with Crippen molar-refractivity contribution < 1.29 is 13.2 Å². The van der Waals surface area contributed by atoms with Crippen molar-refractivity contribution >= 4 is 26.6 Å². The number of benzene rings is 1. The molecule has 1 amide bonds. The number of sulfone groups is 1. The van der Waals surface area contributed by atoms with Gasteiger partial charge in [-0.2, -0.15) is 0 Å². The molecule has 1 aromatic carbocycles. The van der Waals surface area contributed by atoms with Gasteiger partial charge in [-0.1, -0.05) is 12.1 Å². The fourth-order valence-electron chi connectivity index (χ4n) is 4.01. The third-order valence-corrected chi connectivity index (χ3v) is 7.66. The SMILES string of the molecule is Cc1ccc2c(CC(=O)N(CCN(C)C)[C@H]3CCS(=O)(=O)C3)c(C)[nH]c2c1C. The number of carbonyl (C=O) groups excluding carboxylic acids is 1. The van der Waals surface area contributed by atoms with E-state index in [9.17, 15) is 13.2 Å². The molecule has 2 aromatic rings. The first kappa shape index (κ1) is 20.9. The highest BCUT2D eigenvalue weighted by Gasteiger charge is 2.34. The molecule has 0 unspecified atom stereocenters. The third kappa shape index (κ3) is 4.25. The van der Waals surface area contributed by atoms with Gasteiger partial charge in [-0.15, -0.1) is 0 Å². The molecular weight excluding hydrogens is 374 g/mol. The number of rotatable bonds is 6. The molecule has 0 spiro atoms. The molecule has 1 N–H and O–H groups in total. The number of carbonyl (C=O) groups is 1. The molecule has 0 radical (unpaired) electrons. The van der Waals surface area contributed by atoms with Gasteiger partial charge in [-0.3, -0.25) is 4.79 Å². The van der Waals surface area contributed by atoms with E-state index in [1.165, 1.54) is 11.1 Å². The second kappa shape index (κ2) is 7.87. The maximum atomic E-state index is 13.3. The molecule has 7 heteroatoms. The van der Waals surface area contributed by atoms with E-state index in [4.69, 9.17) is 0 Å². The first-order valence-electron chi connectivity index (χ1n) is 9.81. The maximum absolute atomic E-state index is 13.3. The van der Waals surface area contributed by atoms with Gasteiger partial charge in [0.25, 0.3) is 0 Å². The van der Waals surface area contributed by atoms with Gasteiger partial charge in [0.05, 0.1) is 17.9 Å². The summed E-state index contributed by atoms with van der Waals surface area (Å²) >= 11 is 0. The summed E-state index contributed by atoms with van der Waals surface area (Å²) in [6, 6.07) is 3.95. The fraction of sp³-hybridized carbons (Fsp3) is 0.571. The van der Waals surface area contributed by atoms with Crippen molar-refractivity contribution in [3.63, 3.8) is 0 Å². The predicted molar refractivity (Wildman–Crippen MR) is 114 cm³/mol. The summed E-state index contributed by atoms with van der Waals surface area (Å²) in [5, 5.41) is 1.08. The second-order valence-corrected chi connectivity index (χ2v) is 10.5. The van der Waals surface area contributed by atoms with Gasteiger partial charge in [0.15, 0.2) is 9.84 Å². The van der Waals surface area contributed by atoms with Crippen LogP contribution in [0, 0.1) is 20.8 Å². The Labute approximate surface area is 167 Å². The Bertz CT molecular complexity index is 992. The van der Waals surface area contributed by atoms with Gasteiger partial charge in [0, 0.05) is 35.7 Å². The van der Waals surface area contributed by atoms with Crippen LogP contribution in [-0.4, -0.2) is 73.8 Å². The van der Waals surface area contributed by atoms with Crippen LogP contribution in [0.1, 0.15) is 28.8 Å². The summed E-state index contributed by atoms with van der Waals surface area (Å²) < 4.78 is 23.9. The summed E-state index contributed by atoms with van der Waals surface area (Å²) in [5.41, 5.74) is 5.52. The molecule has 0 bridgehead atoms. The van der Waals surface area contributed by atoms with Crippen molar-refractivity contribution in [2.24, 2.45) is 0 Å². The largest absolute Gasteiger partial charge is 0.358 e. The van der Waals surface area contributed by atoms with Crippen LogP contribution in [0.3, 0.4) is 0 Å². The lowest BCUT2D eigenvalue weighted by Crippen LogP contribution is -2.45. The Balaban J connectivity index is 1.88. The van der Waals surface area contributed by atoms with Gasteiger partial charge >= 0.3 is 0 Å². The number of nitrogens with one attached hydrogen (secondary N) is 1. The minimum atomic E-state index is -3.04. The first-order valence-corrected chi connectivity index (χ1v) is 11.6. The molecule has 0 aliphatic carbocycles. The van der Waals surface area contributed by atoms with Crippen LogP contribution in [0.5, 0.6) is 0 Å². The number of fused-ring (bicyclic) bond motifs is 1. The lowest BCUT2D eigenvalue weighted by Gasteiger charge is -2.29. The number of aryl methyl sites for hydroxylation is 3. The van der Waals surface area contributed by atoms with E-state index in [0.717, 1.165) is 22.2 Å². The van der Waals surface area contributed by atoms with Gasteiger partial charge in [-0.25, -0.2) is 8.42 Å². The van der Waals surface area contributed by atoms with Crippen molar-refractivity contribution in [3.8, 4) is 0 Å². The van der Waals surface area contributed by atoms with Crippen LogP contribution in [0.15, 0.2) is 12.1 Å². The topological polar surface area (TPSA) is 73.5 Å². The molecule has 6 nitrogen and oxygen atoms in total. The summed E-state index contributed by atoms with van der Waals surface area (Å²) in [6.45, 7) is 7.44. The lowest BCUT2D eigenvalue weighted by atomic mass is 10.0. The fourth-order valence-corrected chi connectivity index (χ4v) is 5.74. The number of H-pyrrole nitrogens is 1. The molecule has 0 saturated carbocycles. The number of hydrogen-bond acceptors (Lipinski definition) is 4. The number of aromatic nitrogens is 1. The van der Waals surface area contributed by atoms with E-state index in [1.54, 1.807) is 4.90 Å². The third-order valence-electron chi connectivity index (χ3n) is 5.91. The molecule has 1 saturated heterocycles. The molecule has 1 aliphatic rings. The molecule has 28 heavy (non-hydrogen) atoms. The monoisotopic (exact) mass is 405 g/mol. The predicted octanol–water partition coefficient (Wildman–Crippen LogP) is 2.21. The van der Waals surface area contributed by atoms with E-state index in [1.807, 2.05) is 25.9 Å². The Kier molecular flexibility index (Phi) is 5.87. The quantitative estimate of drug-likeness (QED) is 0.800. The molecular formula is C21H31N3O3S. The van der Waals surface area contributed by atoms with Crippen LogP contribution < -0.4 is 0 Å². The Morgan fingerprint density at radius 2 is 1.89 bits per heavy atom. The second-order valence-electron chi connectivity index (χ2n) is 8.28. The molecule has 2 heterocycles. The number of aromatic amines is 1. The van der Waals surface area contributed by atoms with Crippen LogP contribution in [0.2, 0.25) is 0 Å². The zero-order valence-electron chi connectivity index (χ0n) is 17.5. The summed E-state index contributed by atoms with van der Waals surface area (Å²) in [5.74, 6) is 0.261. The average molecular weight is 406 g/mol. The summed E-state index contributed by atoms with van der Waals surface area (Å²) in [4.78, 5) is 20.5. The number of amides is 1. The molecule has 1 aromatic heterocycles. The lowest BCUT2D eigenvalue weighted by molar-refractivity contribution is -0.132. The zero-order valence-corrected chi connectivity index (χ0v) is 18.3. The average Bonchev–Trinajstić information content (AvgIpc) is 3.11. The molecule has 1 aliphatic heterocycles. The van der Waals surface area contributed by atoms with E-state index < -0.39 is 9.84 Å². The Morgan fingerprint density at radius 3 is 2.50 bits per heavy atom. The van der Waals surface area contributed by atoms with Gasteiger partial charge in [0.1, 0.15) is 0 Å². The highest BCUT2D eigenvalue weighted by Crippen LogP contribution is 2.28. The molecule has 1 atom stereocenters. The minimum Gasteiger partial charge on any atom is -0.358 e. The van der Waals surface area contributed by atoms with Gasteiger partial charge in [0.2, 0.25) is 5.91 Å². The Morgan fingerprint density at radius 1 is 1.18 bits per heavy atom. The summed E-state index contributed by atoms with van der Waals surface area (Å²) in [7, 11) is 0.881. The number of likely N-dealkylation sites (N-methyl/N-ethyl adjacent to an activating group) is 1. The number of hydrogen-bond donors (Lipinski definition) is 1. The molecule has 3 rings (SSSR count). The summed E-state index contributed by atoms with van der Waals surface area (Å²) in [6.07, 6.45) is 0.824. The van der Waals surface area contributed by atoms with Gasteiger partial charge < -0.3 is 14.8 Å². The molecule has 154 valence electrons.